The van der Waals surface area contributed by atoms with Crippen molar-refractivity contribution in [2.75, 3.05) is 0 Å². The molecule has 0 aromatic heterocycles. The first-order valence-electron chi connectivity index (χ1n) is 3.39. The second kappa shape index (κ2) is 3.03. The van der Waals surface area contributed by atoms with Crippen LogP contribution in [0.4, 0.5) is 0 Å². The van der Waals surface area contributed by atoms with Crippen LogP contribution in [0.25, 0.3) is 0 Å². The summed E-state index contributed by atoms with van der Waals surface area (Å²) < 4.78 is 0. The highest BCUT2D eigenvalue weighted by Crippen LogP contribution is 2.20. The highest BCUT2D eigenvalue weighted by molar-refractivity contribution is 5.82. The summed E-state index contributed by atoms with van der Waals surface area (Å²) in [6.07, 6.45) is 0.551. The number of nitrogens with one attached hydrogen (secondary N) is 1. The molecule has 1 amide bonds. The average molecular weight is 172 g/mol. The van der Waals surface area contributed by atoms with E-state index in [2.05, 4.69) is 15.7 Å². The third kappa shape index (κ3) is 1.51. The molecule has 1 aliphatic rings. The Morgan fingerprint density at radius 3 is 2.67 bits per heavy atom. The summed E-state index contributed by atoms with van der Waals surface area (Å²) in [5, 5.41) is 7.25. The fraction of sp³-hybridized carbons (Fsp3) is 0.800. The first kappa shape index (κ1) is 8.88. The number of rotatable bonds is 2. The van der Waals surface area contributed by atoms with Crippen molar-refractivity contribution in [3.63, 3.8) is 0 Å². The van der Waals surface area contributed by atoms with E-state index in [1.165, 1.54) is 0 Å². The smallest absolute Gasteiger partial charge is 0.292 e. The van der Waals surface area contributed by atoms with Crippen LogP contribution >= 0.6 is 0 Å². The van der Waals surface area contributed by atoms with E-state index in [1.54, 1.807) is 0 Å². The molecule has 7 nitrogen and oxygen atoms in total. The van der Waals surface area contributed by atoms with Crippen LogP contribution in [-0.2, 0) is 4.79 Å². The Hall–Kier alpha value is -1.21. The van der Waals surface area contributed by atoms with Crippen molar-refractivity contribution in [2.45, 2.75) is 24.7 Å². The van der Waals surface area contributed by atoms with Gasteiger partial charge in [0.2, 0.25) is 5.79 Å². The van der Waals surface area contributed by atoms with E-state index in [-0.39, 0.29) is 6.42 Å². The van der Waals surface area contributed by atoms with E-state index in [0.29, 0.717) is 6.42 Å². The lowest BCUT2D eigenvalue weighted by Gasteiger charge is -2.14. The lowest BCUT2D eigenvalue weighted by molar-refractivity contribution is -0.119. The predicted octanol–water partition coefficient (Wildman–Crippen LogP) is -0.590. The van der Waals surface area contributed by atoms with Crippen LogP contribution in [0.5, 0.6) is 0 Å². The molecule has 2 unspecified atom stereocenters. The Morgan fingerprint density at radius 1 is 1.58 bits per heavy atom. The van der Waals surface area contributed by atoms with Gasteiger partial charge in [-0.3, -0.25) is 15.8 Å². The second-order valence-corrected chi connectivity index (χ2v) is 2.68. The van der Waals surface area contributed by atoms with Gasteiger partial charge in [-0.25, -0.2) is 0 Å². The van der Waals surface area contributed by atoms with Crippen molar-refractivity contribution in [3.05, 3.63) is 9.81 Å². The van der Waals surface area contributed by atoms with Crippen LogP contribution < -0.4 is 11.1 Å². The van der Waals surface area contributed by atoms with Gasteiger partial charge in [-0.15, -0.1) is 9.81 Å². The minimum absolute atomic E-state index is 0.239. The molecule has 0 bridgehead atoms. The summed E-state index contributed by atoms with van der Waals surface area (Å²) in [4.78, 5) is 30.6. The molecule has 0 spiro atoms. The molecule has 0 aromatic carbocycles. The number of nitrogens with zero attached hydrogens (tertiary/aromatic N) is 2. The quantitative estimate of drug-likeness (QED) is 0.540. The molecule has 66 valence electrons. The van der Waals surface area contributed by atoms with E-state index in [9.17, 15) is 14.6 Å². The van der Waals surface area contributed by atoms with Gasteiger partial charge in [0.05, 0.1) is 6.04 Å². The molecule has 0 radical (unpaired) electrons. The Kier molecular flexibility index (Phi) is 2.25. The molecule has 0 aliphatic carbocycles. The summed E-state index contributed by atoms with van der Waals surface area (Å²) in [5.74, 6) is -2.25. The van der Waals surface area contributed by atoms with Gasteiger partial charge in [0.1, 0.15) is 0 Å². The first-order chi connectivity index (χ1) is 5.61. The highest BCUT2D eigenvalue weighted by Gasteiger charge is 2.39. The van der Waals surface area contributed by atoms with Gasteiger partial charge in [0.25, 0.3) is 0 Å². The standard InChI is InChI=1S/C5H8N4O3/c6-5(9-12)2-1-3(7-5)4(10)8-11/h3,7H,1-2,6H2. The van der Waals surface area contributed by atoms with E-state index < -0.39 is 17.7 Å². The zero-order chi connectivity index (χ0) is 9.19. The molecule has 3 N–H and O–H groups in total. The van der Waals surface area contributed by atoms with E-state index in [1.807, 2.05) is 0 Å². The van der Waals surface area contributed by atoms with Crippen LogP contribution in [0.2, 0.25) is 0 Å². The third-order valence-electron chi connectivity index (χ3n) is 1.79. The molecule has 1 aliphatic heterocycles. The van der Waals surface area contributed by atoms with Gasteiger partial charge < -0.3 is 0 Å². The van der Waals surface area contributed by atoms with E-state index in [4.69, 9.17) is 5.73 Å². The second-order valence-electron chi connectivity index (χ2n) is 2.68. The average Bonchev–Trinajstić information content (AvgIpc) is 2.48. The fourth-order valence-corrected chi connectivity index (χ4v) is 1.13. The maximum Gasteiger partial charge on any atom is 0.303 e. The van der Waals surface area contributed by atoms with Crippen molar-refractivity contribution < 1.29 is 4.79 Å². The van der Waals surface area contributed by atoms with Crippen LogP contribution in [0.3, 0.4) is 0 Å². The van der Waals surface area contributed by atoms with Crippen LogP contribution in [0.15, 0.2) is 10.4 Å². The largest absolute Gasteiger partial charge is 0.303 e. The van der Waals surface area contributed by atoms with Gasteiger partial charge in [0.15, 0.2) is 0 Å². The van der Waals surface area contributed by atoms with E-state index in [0.717, 1.165) is 0 Å². The number of hydrogen-bond acceptors (Lipinski definition) is 6. The van der Waals surface area contributed by atoms with Crippen molar-refractivity contribution in [3.8, 4) is 0 Å². The number of amides is 1. The van der Waals surface area contributed by atoms with Crippen molar-refractivity contribution in [1.82, 2.24) is 5.32 Å². The molecule has 2 atom stereocenters. The lowest BCUT2D eigenvalue weighted by Crippen LogP contribution is -2.50. The number of carbonyl (C=O) groups excluding carboxylic acids is 1. The molecular formula is C5H8N4O3. The van der Waals surface area contributed by atoms with Crippen molar-refractivity contribution >= 4 is 5.91 Å². The monoisotopic (exact) mass is 172 g/mol. The molecule has 1 fully saturated rings. The zero-order valence-electron chi connectivity index (χ0n) is 6.19. The van der Waals surface area contributed by atoms with Crippen molar-refractivity contribution in [1.29, 1.82) is 0 Å². The lowest BCUT2D eigenvalue weighted by atomic mass is 10.2. The zero-order valence-corrected chi connectivity index (χ0v) is 6.19. The van der Waals surface area contributed by atoms with Crippen LogP contribution in [0, 0.1) is 9.81 Å². The normalized spacial score (nSPS) is 34.6. The van der Waals surface area contributed by atoms with Gasteiger partial charge >= 0.3 is 5.91 Å². The molecule has 1 saturated heterocycles. The Labute approximate surface area is 67.6 Å². The minimum atomic E-state index is -1.41. The van der Waals surface area contributed by atoms with Gasteiger partial charge in [0, 0.05) is 11.6 Å². The minimum Gasteiger partial charge on any atom is -0.292 e. The van der Waals surface area contributed by atoms with Gasteiger partial charge in [-0.1, -0.05) is 0 Å². The topological polar surface area (TPSA) is 114 Å². The highest BCUT2D eigenvalue weighted by atomic mass is 16.3. The summed E-state index contributed by atoms with van der Waals surface area (Å²) in [6, 6.07) is -0.759. The SMILES string of the molecule is NC1(N=O)CCC(C(=O)N=O)N1. The summed E-state index contributed by atoms with van der Waals surface area (Å²) in [5.41, 5.74) is 5.36. The van der Waals surface area contributed by atoms with Crippen molar-refractivity contribution in [2.24, 2.45) is 16.1 Å². The number of nitrogens with two attached hydrogens (primary N) is 1. The maximum atomic E-state index is 10.7. The number of carbonyl (C=O) groups is 1. The number of nitroso groups, excluding NO2 is 2. The molecule has 1 rings (SSSR count). The molecular weight excluding hydrogens is 164 g/mol. The third-order valence-corrected chi connectivity index (χ3v) is 1.79. The number of hydrogen-bond donors (Lipinski definition) is 2. The van der Waals surface area contributed by atoms with Crippen LogP contribution in [-0.4, -0.2) is 17.7 Å². The summed E-state index contributed by atoms with van der Waals surface area (Å²) in [7, 11) is 0. The van der Waals surface area contributed by atoms with Gasteiger partial charge in [-0.2, -0.15) is 0 Å². The fourth-order valence-electron chi connectivity index (χ4n) is 1.13. The molecule has 1 heterocycles. The predicted molar refractivity (Wildman–Crippen MR) is 39.7 cm³/mol. The van der Waals surface area contributed by atoms with Gasteiger partial charge in [-0.05, 0) is 11.6 Å². The summed E-state index contributed by atoms with van der Waals surface area (Å²) >= 11 is 0. The Bertz CT molecular complexity index is 231. The molecule has 7 heteroatoms. The Balaban J connectivity index is 2.62. The van der Waals surface area contributed by atoms with Crippen LogP contribution in [0.1, 0.15) is 12.8 Å². The summed E-state index contributed by atoms with van der Waals surface area (Å²) in [6.45, 7) is 0. The van der Waals surface area contributed by atoms with E-state index >= 15 is 0 Å². The Morgan fingerprint density at radius 2 is 2.25 bits per heavy atom. The molecule has 0 saturated carbocycles. The maximum absolute atomic E-state index is 10.7. The first-order valence-corrected chi connectivity index (χ1v) is 3.39. The molecule has 12 heavy (non-hydrogen) atoms. The molecule has 0 aromatic rings.